The Hall–Kier alpha value is -0.330. The van der Waals surface area contributed by atoms with Crippen molar-refractivity contribution in [3.8, 4) is 0 Å². The summed E-state index contributed by atoms with van der Waals surface area (Å²) in [6.45, 7) is 3.95. The monoisotopic (exact) mass is 545 g/mol. The van der Waals surface area contributed by atoms with Crippen molar-refractivity contribution in [1.82, 2.24) is 15.3 Å². The van der Waals surface area contributed by atoms with E-state index in [0.717, 1.165) is 5.56 Å². The van der Waals surface area contributed by atoms with E-state index in [4.69, 9.17) is 10.0 Å². The maximum absolute atomic E-state index is 10.7. The molecule has 0 aliphatic heterocycles. The molecule has 0 aromatic heterocycles. The number of quaternary nitrogens is 1. The number of aliphatic hydroxyl groups is 2. The number of aliphatic hydroxyl groups excluding tert-OH is 2. The van der Waals surface area contributed by atoms with Crippen LogP contribution in [0.4, 0.5) is 5.69 Å². The third kappa shape index (κ3) is 5.57. The van der Waals surface area contributed by atoms with Gasteiger partial charge in [-0.15, -0.1) is 10.7 Å². The van der Waals surface area contributed by atoms with Gasteiger partial charge >= 0.3 is 0 Å². The van der Waals surface area contributed by atoms with Gasteiger partial charge in [0.2, 0.25) is 5.69 Å². The normalized spacial score (nSPS) is 13.5. The van der Waals surface area contributed by atoms with E-state index in [1.807, 2.05) is 11.9 Å². The lowest BCUT2D eigenvalue weighted by Gasteiger charge is -2.26. The van der Waals surface area contributed by atoms with Gasteiger partial charge < -0.3 is 10.2 Å². The van der Waals surface area contributed by atoms with Gasteiger partial charge in [-0.3, -0.25) is 4.90 Å². The number of hydroxylamine groups is 2. The van der Waals surface area contributed by atoms with Crippen molar-refractivity contribution in [2.24, 2.45) is 5.10 Å². The Morgan fingerprint density at radius 3 is 2.36 bits per heavy atom. The average molecular weight is 548 g/mol. The Morgan fingerprint density at radius 1 is 1.24 bits per heavy atom. The van der Waals surface area contributed by atoms with Crippen LogP contribution >= 0.6 is 47.8 Å². The summed E-state index contributed by atoms with van der Waals surface area (Å²) in [7, 11) is 3.21. The Kier molecular flexibility index (Phi) is 9.19. The van der Waals surface area contributed by atoms with Gasteiger partial charge in [0.1, 0.15) is 7.05 Å². The molecule has 1 rings (SSSR count). The molecule has 0 saturated heterocycles. The van der Waals surface area contributed by atoms with E-state index in [9.17, 15) is 10.3 Å². The summed E-state index contributed by atoms with van der Waals surface area (Å²) in [4.78, 5) is 5.98. The molecule has 11 heteroatoms. The fourth-order valence-electron chi connectivity index (χ4n) is 2.10. The first-order valence-electron chi connectivity index (χ1n) is 7.04. The third-order valence-electron chi connectivity index (χ3n) is 3.30. The summed E-state index contributed by atoms with van der Waals surface area (Å²) in [5.41, 5.74) is 3.80. The summed E-state index contributed by atoms with van der Waals surface area (Å²) in [6.07, 6.45) is 0. The van der Waals surface area contributed by atoms with Gasteiger partial charge in [-0.25, -0.2) is 0 Å². The molecule has 0 fully saturated rings. The number of hydrogen-bond acceptors (Lipinski definition) is 7. The lowest BCUT2D eigenvalue weighted by atomic mass is 10.1. The van der Waals surface area contributed by atoms with E-state index >= 15 is 0 Å². The predicted molar refractivity (Wildman–Crippen MR) is 106 cm³/mol. The van der Waals surface area contributed by atoms with Crippen molar-refractivity contribution in [2.45, 2.75) is 13.2 Å². The molecule has 1 atom stereocenters. The van der Waals surface area contributed by atoms with E-state index in [2.05, 4.69) is 70.9 Å². The second-order valence-electron chi connectivity index (χ2n) is 5.20. The molecule has 0 aliphatic carbocycles. The Balaban J connectivity index is 3.48. The van der Waals surface area contributed by atoms with Crippen molar-refractivity contribution in [2.75, 3.05) is 27.2 Å². The Morgan fingerprint density at radius 2 is 1.84 bits per heavy atom. The largest absolute Gasteiger partial charge is 0.395 e. The molecule has 1 aromatic carbocycles. The minimum atomic E-state index is -1.04. The molecule has 4 N–H and O–H groups in total. The zero-order valence-electron chi connectivity index (χ0n) is 13.8. The Labute approximate surface area is 171 Å². The van der Waals surface area contributed by atoms with E-state index in [1.54, 1.807) is 0 Å². The molecule has 0 bridgehead atoms. The fourth-order valence-corrected chi connectivity index (χ4v) is 5.24. The number of rotatable bonds is 9. The van der Waals surface area contributed by atoms with Crippen LogP contribution in [0.5, 0.6) is 0 Å². The summed E-state index contributed by atoms with van der Waals surface area (Å²) in [6, 6.07) is 0. The molecule has 25 heavy (non-hydrogen) atoms. The van der Waals surface area contributed by atoms with E-state index < -0.39 is 4.81 Å². The van der Waals surface area contributed by atoms with Crippen LogP contribution in [0, 0.1) is 0 Å². The molecule has 1 aromatic rings. The molecule has 0 heterocycles. The quantitative estimate of drug-likeness (QED) is 0.215. The van der Waals surface area contributed by atoms with Crippen LogP contribution in [0.25, 0.3) is 0 Å². The van der Waals surface area contributed by atoms with Crippen molar-refractivity contribution in [1.29, 1.82) is 0 Å². The van der Waals surface area contributed by atoms with E-state index in [0.29, 0.717) is 37.8 Å². The van der Waals surface area contributed by atoms with Gasteiger partial charge in [0.05, 0.1) is 22.2 Å². The second kappa shape index (κ2) is 10.1. The zero-order chi connectivity index (χ0) is 19.2. The summed E-state index contributed by atoms with van der Waals surface area (Å²) in [5, 5.41) is 33.0. The van der Waals surface area contributed by atoms with Crippen LogP contribution < -0.4 is 10.4 Å². The maximum Gasteiger partial charge on any atom is 0.231 e. The lowest BCUT2D eigenvalue weighted by Crippen LogP contribution is -2.45. The van der Waals surface area contributed by atoms with Gasteiger partial charge in [0.25, 0.3) is 0 Å². The number of halogens is 3. The van der Waals surface area contributed by atoms with Crippen LogP contribution in [0.1, 0.15) is 11.1 Å². The fraction of sp³-hybridized carbons (Fsp3) is 0.429. The molecular formula is C14H20Br3N4O4+. The molecule has 140 valence electrons. The number of hydrogen-bond donors (Lipinski definition) is 4. The van der Waals surface area contributed by atoms with Crippen LogP contribution in [0.2, 0.25) is 0 Å². The molecule has 0 aliphatic rings. The zero-order valence-corrected chi connectivity index (χ0v) is 18.5. The Bertz CT molecular complexity index is 666. The van der Waals surface area contributed by atoms with Gasteiger partial charge in [0, 0.05) is 39.4 Å². The molecule has 0 saturated carbocycles. The van der Waals surface area contributed by atoms with Crippen molar-refractivity contribution in [3.05, 3.63) is 31.1 Å². The molecule has 0 amide bonds. The standard InChI is InChI=1S/C14H20Br3N4O4/c1-4-18-19-25-21(3,24)14-12(16)9(7-20(2)5-6-22)11(15)10(8-23)13(14)17/h19,22-24H,1,5-8H2,2-3H3/q+1. The summed E-state index contributed by atoms with van der Waals surface area (Å²) >= 11 is 10.4. The van der Waals surface area contributed by atoms with Gasteiger partial charge in [-0.1, -0.05) is 0 Å². The number of nitrogens with zero attached hydrogens (tertiary/aromatic N) is 3. The summed E-state index contributed by atoms with van der Waals surface area (Å²) in [5.74, 6) is 2.22. The number of hydrazone groups is 1. The highest BCUT2D eigenvalue weighted by atomic mass is 79.9. The first kappa shape index (κ1) is 22.7. The number of likely N-dealkylation sites (N-methyl/N-ethyl adjacent to an activating group) is 1. The third-order valence-corrected chi connectivity index (χ3v) is 5.97. The predicted octanol–water partition coefficient (Wildman–Crippen LogP) is 2.42. The van der Waals surface area contributed by atoms with Gasteiger partial charge in [0.15, 0.2) is 0 Å². The molecule has 8 nitrogen and oxygen atoms in total. The van der Waals surface area contributed by atoms with Crippen LogP contribution in [-0.4, -0.2) is 53.4 Å². The highest BCUT2D eigenvalue weighted by Crippen LogP contribution is 2.46. The minimum Gasteiger partial charge on any atom is -0.395 e. The van der Waals surface area contributed by atoms with Crippen LogP contribution in [-0.2, 0) is 18.1 Å². The molecule has 0 spiro atoms. The SMILES string of the molecule is C=C=NNO[N+](C)(O)c1c(Br)c(CO)c(Br)c(CN(C)CCO)c1Br. The first-order chi connectivity index (χ1) is 11.7. The minimum absolute atomic E-state index is 0.0162. The second-order valence-corrected chi connectivity index (χ2v) is 7.58. The highest BCUT2D eigenvalue weighted by Gasteiger charge is 2.36. The summed E-state index contributed by atoms with van der Waals surface area (Å²) < 4.78 is 1.69. The van der Waals surface area contributed by atoms with Crippen LogP contribution in [0.15, 0.2) is 25.1 Å². The first-order valence-corrected chi connectivity index (χ1v) is 9.42. The van der Waals surface area contributed by atoms with Gasteiger partial charge in [-0.05, 0) is 66.4 Å². The smallest absolute Gasteiger partial charge is 0.231 e. The van der Waals surface area contributed by atoms with Crippen LogP contribution in [0.3, 0.4) is 0 Å². The van der Waals surface area contributed by atoms with Gasteiger partial charge in [-0.2, -0.15) is 5.21 Å². The highest BCUT2D eigenvalue weighted by molar-refractivity contribution is 9.11. The lowest BCUT2D eigenvalue weighted by molar-refractivity contribution is -0.340. The topological polar surface area (TPSA) is 97.6 Å². The van der Waals surface area contributed by atoms with Crippen molar-refractivity contribution >= 4 is 59.3 Å². The number of benzene rings is 1. The van der Waals surface area contributed by atoms with Crippen molar-refractivity contribution in [3.63, 3.8) is 0 Å². The van der Waals surface area contributed by atoms with Crippen molar-refractivity contribution < 1.29 is 20.4 Å². The van der Waals surface area contributed by atoms with E-state index in [-0.39, 0.29) is 13.2 Å². The maximum atomic E-state index is 10.7. The molecule has 0 radical (unpaired) electrons. The average Bonchev–Trinajstić information content (AvgIpc) is 2.52. The molecule has 1 unspecified atom stereocenters. The molecular weight excluding hydrogens is 528 g/mol. The van der Waals surface area contributed by atoms with E-state index in [1.165, 1.54) is 7.05 Å². The number of nitrogens with one attached hydrogen (secondary N) is 1.